The lowest BCUT2D eigenvalue weighted by atomic mass is 10.8. The Kier molecular flexibility index (Phi) is 16.2. The van der Waals surface area contributed by atoms with Crippen molar-refractivity contribution in [3.05, 3.63) is 0 Å². The topological polar surface area (TPSA) is 90.9 Å². The van der Waals surface area contributed by atoms with E-state index < -0.39 is 16.4 Å². The lowest BCUT2D eigenvalue weighted by Gasteiger charge is -2.30. The molecule has 11 heteroatoms. The number of ether oxygens (including phenoxy) is 3. The van der Waals surface area contributed by atoms with Crippen LogP contribution >= 0.6 is 7.60 Å². The van der Waals surface area contributed by atoms with Crippen LogP contribution in [-0.4, -0.2) is 89.2 Å². The van der Waals surface area contributed by atoms with E-state index in [1.165, 1.54) is 0 Å². The van der Waals surface area contributed by atoms with Crippen molar-refractivity contribution >= 4 is 16.4 Å². The average Bonchev–Trinajstić information content (AvgIpc) is 2.61. The SMILES string of the molecule is CCOP(=O)(CC[Si](OCCOC)(OCCOC)OCCOC)OCC. The van der Waals surface area contributed by atoms with Crippen molar-refractivity contribution in [3.63, 3.8) is 0 Å². The van der Waals surface area contributed by atoms with E-state index in [0.717, 1.165) is 0 Å². The fraction of sp³-hybridized carbons (Fsp3) is 1.00. The van der Waals surface area contributed by atoms with Crippen LogP contribution < -0.4 is 0 Å². The van der Waals surface area contributed by atoms with Gasteiger partial charge in [0.1, 0.15) is 0 Å². The molecule has 0 radical (unpaired) electrons. The molecular formula is C15H35O9PSi. The van der Waals surface area contributed by atoms with Gasteiger partial charge in [-0.1, -0.05) is 0 Å². The summed E-state index contributed by atoms with van der Waals surface area (Å²) >= 11 is 0. The third-order valence-corrected chi connectivity index (χ3v) is 8.46. The maximum absolute atomic E-state index is 12.8. The van der Waals surface area contributed by atoms with Gasteiger partial charge in [-0.25, -0.2) is 0 Å². The second kappa shape index (κ2) is 16.1. The lowest BCUT2D eigenvalue weighted by Crippen LogP contribution is -2.48. The third kappa shape index (κ3) is 11.8. The molecule has 26 heavy (non-hydrogen) atoms. The second-order valence-corrected chi connectivity index (χ2v) is 10.0. The smallest absolute Gasteiger partial charge is 0.382 e. The fourth-order valence-corrected chi connectivity index (χ4v) is 7.19. The summed E-state index contributed by atoms with van der Waals surface area (Å²) in [5.41, 5.74) is 0. The highest BCUT2D eigenvalue weighted by molar-refractivity contribution is 7.54. The molecule has 0 unspecified atom stereocenters. The summed E-state index contributed by atoms with van der Waals surface area (Å²) in [7, 11) is -1.62. The molecular weight excluding hydrogens is 383 g/mol. The number of rotatable bonds is 19. The Bertz CT molecular complexity index is 336. The largest absolute Gasteiger partial charge is 0.501 e. The van der Waals surface area contributed by atoms with Crippen LogP contribution in [0.2, 0.25) is 6.04 Å². The van der Waals surface area contributed by atoms with Crippen LogP contribution in [0.1, 0.15) is 13.8 Å². The van der Waals surface area contributed by atoms with Crippen molar-refractivity contribution in [1.29, 1.82) is 0 Å². The number of hydrogen-bond donors (Lipinski definition) is 0. The summed E-state index contributed by atoms with van der Waals surface area (Å²) in [4.78, 5) is 0. The minimum atomic E-state index is -3.23. The molecule has 0 rings (SSSR count). The van der Waals surface area contributed by atoms with Crippen molar-refractivity contribution in [2.75, 3.05) is 80.3 Å². The van der Waals surface area contributed by atoms with Crippen LogP contribution in [0.5, 0.6) is 0 Å². The maximum Gasteiger partial charge on any atom is 0.501 e. The van der Waals surface area contributed by atoms with Gasteiger partial charge < -0.3 is 36.5 Å². The predicted molar refractivity (Wildman–Crippen MR) is 99.8 cm³/mol. The molecule has 0 N–H and O–H groups in total. The summed E-state index contributed by atoms with van der Waals surface area (Å²) < 4.78 is 56.5. The highest BCUT2D eigenvalue weighted by Gasteiger charge is 2.44. The van der Waals surface area contributed by atoms with Gasteiger partial charge in [0.15, 0.2) is 0 Å². The van der Waals surface area contributed by atoms with E-state index in [-0.39, 0.29) is 6.16 Å². The van der Waals surface area contributed by atoms with Crippen LogP contribution in [-0.2, 0) is 41.1 Å². The standard InChI is InChI=1S/C15H35O9PSi/c1-6-20-25(16,21-7-2)14-15-26(22-11-8-17-3,23-12-9-18-4)24-13-10-19-5/h6-15H2,1-5H3. The molecule has 0 aromatic carbocycles. The molecule has 0 aliphatic rings. The zero-order valence-electron chi connectivity index (χ0n) is 16.7. The van der Waals surface area contributed by atoms with Gasteiger partial charge in [0.05, 0.1) is 59.0 Å². The Hall–Kier alpha value is 0.127. The Balaban J connectivity index is 5.13. The van der Waals surface area contributed by atoms with Gasteiger partial charge in [0, 0.05) is 27.4 Å². The molecule has 0 amide bonds. The molecule has 0 fully saturated rings. The number of hydrogen-bond acceptors (Lipinski definition) is 9. The van der Waals surface area contributed by atoms with Crippen LogP contribution in [0, 0.1) is 0 Å². The van der Waals surface area contributed by atoms with Crippen molar-refractivity contribution in [2.24, 2.45) is 0 Å². The van der Waals surface area contributed by atoms with Gasteiger partial charge in [-0.3, -0.25) is 4.57 Å². The number of methoxy groups -OCH3 is 3. The highest BCUT2D eigenvalue weighted by Crippen LogP contribution is 2.49. The van der Waals surface area contributed by atoms with Crippen LogP contribution in [0.15, 0.2) is 0 Å². The summed E-state index contributed by atoms with van der Waals surface area (Å²) in [5, 5.41) is 0. The molecule has 0 saturated heterocycles. The first kappa shape index (κ1) is 26.1. The van der Waals surface area contributed by atoms with Crippen molar-refractivity contribution in [2.45, 2.75) is 19.9 Å². The lowest BCUT2D eigenvalue weighted by molar-refractivity contribution is 0.0152. The molecule has 0 saturated carbocycles. The first-order valence-electron chi connectivity index (χ1n) is 8.78. The average molecular weight is 418 g/mol. The quantitative estimate of drug-likeness (QED) is 0.178. The van der Waals surface area contributed by atoms with Crippen LogP contribution in [0.4, 0.5) is 0 Å². The molecule has 0 spiro atoms. The molecule has 0 aromatic rings. The predicted octanol–water partition coefficient (Wildman–Crippen LogP) is 2.18. The van der Waals surface area contributed by atoms with Gasteiger partial charge in [0.25, 0.3) is 0 Å². The van der Waals surface area contributed by atoms with E-state index in [1.807, 2.05) is 0 Å². The van der Waals surface area contributed by atoms with E-state index in [0.29, 0.717) is 58.9 Å². The molecule has 0 atom stereocenters. The first-order valence-corrected chi connectivity index (χ1v) is 12.4. The zero-order chi connectivity index (χ0) is 19.7. The van der Waals surface area contributed by atoms with Gasteiger partial charge in [-0.15, -0.1) is 0 Å². The molecule has 158 valence electrons. The van der Waals surface area contributed by atoms with Gasteiger partial charge in [-0.2, -0.15) is 0 Å². The Labute approximate surface area is 158 Å². The minimum absolute atomic E-state index is 0.147. The zero-order valence-corrected chi connectivity index (χ0v) is 18.6. The second-order valence-electron chi connectivity index (χ2n) is 5.13. The minimum Gasteiger partial charge on any atom is -0.382 e. The molecule has 0 bridgehead atoms. The Morgan fingerprint density at radius 2 is 1.08 bits per heavy atom. The molecule has 0 heterocycles. The van der Waals surface area contributed by atoms with Crippen molar-refractivity contribution < 1.29 is 41.1 Å². The molecule has 0 aliphatic carbocycles. The monoisotopic (exact) mass is 418 g/mol. The summed E-state index contributed by atoms with van der Waals surface area (Å²) in [5.74, 6) is 0. The van der Waals surface area contributed by atoms with Crippen LogP contribution in [0.3, 0.4) is 0 Å². The van der Waals surface area contributed by atoms with Crippen molar-refractivity contribution in [3.8, 4) is 0 Å². The molecule has 0 aromatic heterocycles. The van der Waals surface area contributed by atoms with Gasteiger partial charge in [0.2, 0.25) is 0 Å². The summed E-state index contributed by atoms with van der Waals surface area (Å²) in [6, 6.07) is 0.293. The summed E-state index contributed by atoms with van der Waals surface area (Å²) in [6.45, 7) is 6.23. The van der Waals surface area contributed by atoms with Gasteiger partial charge >= 0.3 is 16.4 Å². The normalized spacial score (nSPS) is 12.7. The first-order chi connectivity index (χ1) is 12.5. The van der Waals surface area contributed by atoms with Crippen molar-refractivity contribution in [1.82, 2.24) is 0 Å². The Morgan fingerprint density at radius 3 is 1.38 bits per heavy atom. The molecule has 9 nitrogen and oxygen atoms in total. The maximum atomic E-state index is 12.8. The Morgan fingerprint density at radius 1 is 0.692 bits per heavy atom. The van der Waals surface area contributed by atoms with Crippen LogP contribution in [0.25, 0.3) is 0 Å². The van der Waals surface area contributed by atoms with E-state index in [9.17, 15) is 4.57 Å². The van der Waals surface area contributed by atoms with E-state index in [4.69, 9.17) is 36.5 Å². The summed E-state index contributed by atoms with van der Waals surface area (Å²) in [6.07, 6.45) is 0.147. The highest BCUT2D eigenvalue weighted by atomic mass is 31.2. The van der Waals surface area contributed by atoms with E-state index in [2.05, 4.69) is 0 Å². The van der Waals surface area contributed by atoms with E-state index >= 15 is 0 Å². The fourth-order valence-electron chi connectivity index (χ4n) is 2.02. The van der Waals surface area contributed by atoms with E-state index in [1.54, 1.807) is 35.2 Å². The van der Waals surface area contributed by atoms with Gasteiger partial charge in [-0.05, 0) is 13.8 Å². The molecule has 0 aliphatic heterocycles. The third-order valence-electron chi connectivity index (χ3n) is 3.17.